The zero-order valence-electron chi connectivity index (χ0n) is 12.7. The van der Waals surface area contributed by atoms with Gasteiger partial charge in [0.2, 0.25) is 0 Å². The second-order valence-corrected chi connectivity index (χ2v) is 6.80. The van der Waals surface area contributed by atoms with Crippen LogP contribution in [0.5, 0.6) is 0 Å². The molecule has 0 unspecified atom stereocenters. The summed E-state index contributed by atoms with van der Waals surface area (Å²) in [6, 6.07) is 10.6. The summed E-state index contributed by atoms with van der Waals surface area (Å²) in [5.41, 5.74) is 7.28. The summed E-state index contributed by atoms with van der Waals surface area (Å²) in [5, 5.41) is 12.2. The Hall–Kier alpha value is -1.20. The van der Waals surface area contributed by atoms with Crippen LogP contribution < -0.4 is 5.73 Å². The number of piperidine rings is 1. The number of hydrogen-bond donors (Lipinski definition) is 2. The minimum atomic E-state index is -0.176. The van der Waals surface area contributed by atoms with Gasteiger partial charge in [0, 0.05) is 0 Å². The van der Waals surface area contributed by atoms with E-state index in [1.54, 1.807) is 11.8 Å². The summed E-state index contributed by atoms with van der Waals surface area (Å²) in [6.45, 7) is 3.16. The van der Waals surface area contributed by atoms with E-state index in [2.05, 4.69) is 40.4 Å². The van der Waals surface area contributed by atoms with Gasteiger partial charge in [-0.05, 0) is 57.1 Å². The second kappa shape index (κ2) is 7.71. The fourth-order valence-electron chi connectivity index (χ4n) is 2.95. The van der Waals surface area contributed by atoms with E-state index in [1.165, 1.54) is 12.0 Å². The van der Waals surface area contributed by atoms with Crippen molar-refractivity contribution in [2.24, 2.45) is 10.9 Å². The zero-order chi connectivity index (χ0) is 15.1. The first-order valence-electron chi connectivity index (χ1n) is 7.49. The molecule has 0 bridgehead atoms. The summed E-state index contributed by atoms with van der Waals surface area (Å²) in [4.78, 5) is 2.49. The van der Waals surface area contributed by atoms with Gasteiger partial charge in [-0.3, -0.25) is 0 Å². The van der Waals surface area contributed by atoms with E-state index in [0.29, 0.717) is 5.84 Å². The summed E-state index contributed by atoms with van der Waals surface area (Å²) in [5.74, 6) is 0.374. The Morgan fingerprint density at radius 1 is 1.33 bits per heavy atom. The van der Waals surface area contributed by atoms with Crippen LogP contribution in [0.1, 0.15) is 24.8 Å². The Balaban J connectivity index is 1.76. The molecule has 0 saturated carbocycles. The molecule has 1 aliphatic rings. The van der Waals surface area contributed by atoms with E-state index in [4.69, 9.17) is 10.9 Å². The van der Waals surface area contributed by atoms with Gasteiger partial charge >= 0.3 is 0 Å². The maximum Gasteiger partial charge on any atom is 0.155 e. The highest BCUT2D eigenvalue weighted by atomic mass is 32.2. The van der Waals surface area contributed by atoms with E-state index in [9.17, 15) is 0 Å². The van der Waals surface area contributed by atoms with Crippen LogP contribution in [0.15, 0.2) is 35.5 Å². The molecule has 0 amide bonds. The maximum absolute atomic E-state index is 8.95. The lowest BCUT2D eigenvalue weighted by molar-refractivity contribution is 0.215. The maximum atomic E-state index is 8.95. The number of nitrogens with two attached hydrogens (primary N) is 1. The van der Waals surface area contributed by atoms with E-state index >= 15 is 0 Å². The number of nitrogens with zero attached hydrogens (tertiary/aromatic N) is 2. The van der Waals surface area contributed by atoms with Crippen molar-refractivity contribution in [3.8, 4) is 0 Å². The van der Waals surface area contributed by atoms with Crippen LogP contribution in [0.4, 0.5) is 0 Å². The molecule has 1 aromatic carbocycles. The van der Waals surface area contributed by atoms with Gasteiger partial charge in [-0.2, -0.15) is 11.8 Å². The lowest BCUT2D eigenvalue weighted by Crippen LogP contribution is -2.50. The first-order chi connectivity index (χ1) is 10.2. The first-order valence-corrected chi connectivity index (χ1v) is 8.72. The number of amidine groups is 1. The molecule has 0 aromatic heterocycles. The quantitative estimate of drug-likeness (QED) is 0.367. The topological polar surface area (TPSA) is 61.9 Å². The molecule has 21 heavy (non-hydrogen) atoms. The number of aryl methyl sites for hydroxylation is 1. The van der Waals surface area contributed by atoms with Crippen LogP contribution in [0.3, 0.4) is 0 Å². The van der Waals surface area contributed by atoms with Crippen LogP contribution in [0.2, 0.25) is 0 Å². The molecule has 1 saturated heterocycles. The molecular formula is C16H25N3OS. The monoisotopic (exact) mass is 307 g/mol. The third-order valence-electron chi connectivity index (χ3n) is 4.41. The predicted molar refractivity (Wildman–Crippen MR) is 90.1 cm³/mol. The molecule has 1 heterocycles. The van der Waals surface area contributed by atoms with Crippen molar-refractivity contribution in [1.29, 1.82) is 0 Å². The Labute approximate surface area is 131 Å². The fourth-order valence-corrected chi connectivity index (χ4v) is 3.79. The van der Waals surface area contributed by atoms with Gasteiger partial charge in [-0.25, -0.2) is 0 Å². The van der Waals surface area contributed by atoms with Crippen molar-refractivity contribution in [2.45, 2.75) is 30.4 Å². The minimum absolute atomic E-state index is 0.176. The van der Waals surface area contributed by atoms with Crippen LogP contribution in [-0.4, -0.2) is 46.6 Å². The highest BCUT2D eigenvalue weighted by Gasteiger charge is 2.37. The van der Waals surface area contributed by atoms with Crippen molar-refractivity contribution in [3.05, 3.63) is 35.9 Å². The lowest BCUT2D eigenvalue weighted by Gasteiger charge is -2.39. The number of oxime groups is 1. The van der Waals surface area contributed by atoms with Crippen molar-refractivity contribution in [3.63, 3.8) is 0 Å². The summed E-state index contributed by atoms with van der Waals surface area (Å²) in [6.07, 6.45) is 6.26. The Morgan fingerprint density at radius 2 is 2.00 bits per heavy atom. The molecule has 116 valence electrons. The molecule has 4 nitrogen and oxygen atoms in total. The Kier molecular flexibility index (Phi) is 5.94. The highest BCUT2D eigenvalue weighted by molar-refractivity contribution is 8.00. The Bertz CT molecular complexity index is 456. The molecule has 3 N–H and O–H groups in total. The predicted octanol–water partition coefficient (Wildman–Crippen LogP) is 2.56. The molecule has 1 fully saturated rings. The van der Waals surface area contributed by atoms with Crippen molar-refractivity contribution in [2.75, 3.05) is 25.9 Å². The third kappa shape index (κ3) is 4.14. The van der Waals surface area contributed by atoms with Crippen LogP contribution in [0.25, 0.3) is 0 Å². The summed E-state index contributed by atoms with van der Waals surface area (Å²) < 4.78 is -0.176. The molecule has 0 spiro atoms. The van der Waals surface area contributed by atoms with Gasteiger partial charge in [0.25, 0.3) is 0 Å². The molecule has 1 aliphatic heterocycles. The van der Waals surface area contributed by atoms with E-state index in [1.807, 2.05) is 6.26 Å². The Morgan fingerprint density at radius 3 is 2.57 bits per heavy atom. The van der Waals surface area contributed by atoms with Crippen LogP contribution in [-0.2, 0) is 6.42 Å². The molecule has 0 atom stereocenters. The lowest BCUT2D eigenvalue weighted by atomic mass is 9.94. The highest BCUT2D eigenvalue weighted by Crippen LogP contribution is 2.34. The summed E-state index contributed by atoms with van der Waals surface area (Å²) >= 11 is 1.71. The van der Waals surface area contributed by atoms with Crippen molar-refractivity contribution >= 4 is 17.6 Å². The molecule has 1 aromatic rings. The van der Waals surface area contributed by atoms with Gasteiger partial charge in [-0.1, -0.05) is 35.5 Å². The van der Waals surface area contributed by atoms with Crippen molar-refractivity contribution in [1.82, 2.24) is 4.90 Å². The van der Waals surface area contributed by atoms with Crippen molar-refractivity contribution < 1.29 is 5.21 Å². The number of benzene rings is 1. The SMILES string of the molecule is CSC1(C(N)=NO)CCN(CCCc2ccccc2)CC1. The van der Waals surface area contributed by atoms with Gasteiger partial charge < -0.3 is 15.8 Å². The largest absolute Gasteiger partial charge is 0.409 e. The molecule has 0 aliphatic carbocycles. The van der Waals surface area contributed by atoms with Gasteiger partial charge in [-0.15, -0.1) is 0 Å². The van der Waals surface area contributed by atoms with Gasteiger partial charge in [0.1, 0.15) is 0 Å². The van der Waals surface area contributed by atoms with E-state index < -0.39 is 0 Å². The average molecular weight is 307 g/mol. The fraction of sp³-hybridized carbons (Fsp3) is 0.562. The van der Waals surface area contributed by atoms with Gasteiger partial charge in [0.15, 0.2) is 5.84 Å². The first kappa shape index (κ1) is 16.2. The standard InChI is InChI=1S/C16H25N3OS/c1-21-16(15(17)18-20)9-12-19(13-10-16)11-5-8-14-6-3-2-4-7-14/h2-4,6-7,20H,5,8-13H2,1H3,(H2,17,18). The number of hydrogen-bond acceptors (Lipinski definition) is 4. The molecular weight excluding hydrogens is 282 g/mol. The summed E-state index contributed by atoms with van der Waals surface area (Å²) in [7, 11) is 0. The number of thioether (sulfide) groups is 1. The molecule has 5 heteroatoms. The van der Waals surface area contributed by atoms with E-state index in [-0.39, 0.29) is 4.75 Å². The average Bonchev–Trinajstić information content (AvgIpc) is 2.56. The molecule has 2 rings (SSSR count). The second-order valence-electron chi connectivity index (χ2n) is 5.61. The number of rotatable bonds is 6. The van der Waals surface area contributed by atoms with E-state index in [0.717, 1.165) is 38.9 Å². The molecule has 0 radical (unpaired) electrons. The minimum Gasteiger partial charge on any atom is -0.409 e. The normalized spacial score (nSPS) is 19.6. The van der Waals surface area contributed by atoms with Gasteiger partial charge in [0.05, 0.1) is 4.75 Å². The zero-order valence-corrected chi connectivity index (χ0v) is 13.5. The van der Waals surface area contributed by atoms with Crippen LogP contribution in [0, 0.1) is 0 Å². The third-order valence-corrected chi connectivity index (χ3v) is 5.81. The number of likely N-dealkylation sites (tertiary alicyclic amines) is 1. The van der Waals surface area contributed by atoms with Crippen LogP contribution >= 0.6 is 11.8 Å². The smallest absolute Gasteiger partial charge is 0.155 e.